The molecule has 2 aromatic rings. The Morgan fingerprint density at radius 2 is 1.76 bits per heavy atom. The van der Waals surface area contributed by atoms with Crippen LogP contribution < -0.4 is 10.5 Å². The van der Waals surface area contributed by atoms with E-state index in [9.17, 15) is 9.00 Å². The molecule has 0 aliphatic heterocycles. The third-order valence-electron chi connectivity index (χ3n) is 3.07. The van der Waals surface area contributed by atoms with Gasteiger partial charge in [0.05, 0.1) is 0 Å². The minimum absolute atomic E-state index is 0.427. The van der Waals surface area contributed by atoms with Gasteiger partial charge in [-0.2, -0.15) is 0 Å². The standard InChI is InChI=1S/C15H16N2O3S/c16-15(18)13-3-1-2-12(10-13)5-4-11-6-8-14(9-7-11)17-21(19)20/h1-3,6-10,17H,4-5H2,(H2,16,18)(H,19,20). The molecule has 5 nitrogen and oxygen atoms in total. The van der Waals surface area contributed by atoms with E-state index in [0.29, 0.717) is 11.3 Å². The van der Waals surface area contributed by atoms with Crippen LogP contribution in [-0.4, -0.2) is 14.7 Å². The molecule has 1 amide bonds. The molecule has 0 spiro atoms. The molecule has 0 saturated carbocycles. The monoisotopic (exact) mass is 304 g/mol. The van der Waals surface area contributed by atoms with Crippen molar-refractivity contribution in [2.45, 2.75) is 12.8 Å². The van der Waals surface area contributed by atoms with Crippen LogP contribution in [0.25, 0.3) is 0 Å². The molecule has 0 aliphatic carbocycles. The van der Waals surface area contributed by atoms with Gasteiger partial charge in [0.2, 0.25) is 5.91 Å². The summed E-state index contributed by atoms with van der Waals surface area (Å²) in [7, 11) is 0. The Hall–Kier alpha value is -2.18. The van der Waals surface area contributed by atoms with Crippen LogP contribution in [0.15, 0.2) is 48.5 Å². The molecule has 0 bridgehead atoms. The predicted molar refractivity (Wildman–Crippen MR) is 83.2 cm³/mol. The van der Waals surface area contributed by atoms with Crippen LogP contribution in [0.3, 0.4) is 0 Å². The lowest BCUT2D eigenvalue weighted by molar-refractivity contribution is 0.1000. The van der Waals surface area contributed by atoms with E-state index in [-0.39, 0.29) is 0 Å². The number of anilines is 1. The number of hydrogen-bond acceptors (Lipinski definition) is 2. The van der Waals surface area contributed by atoms with Gasteiger partial charge in [-0.25, -0.2) is 4.21 Å². The summed E-state index contributed by atoms with van der Waals surface area (Å²) >= 11 is -2.06. The number of nitrogens with one attached hydrogen (secondary N) is 1. The fourth-order valence-corrected chi connectivity index (χ4v) is 2.35. The molecule has 21 heavy (non-hydrogen) atoms. The zero-order chi connectivity index (χ0) is 15.2. The first kappa shape index (κ1) is 15.2. The Bertz CT molecular complexity index is 656. The summed E-state index contributed by atoms with van der Waals surface area (Å²) in [6, 6.07) is 14.6. The zero-order valence-electron chi connectivity index (χ0n) is 11.3. The highest BCUT2D eigenvalue weighted by Gasteiger charge is 2.02. The predicted octanol–water partition coefficient (Wildman–Crippen LogP) is 2.12. The van der Waals surface area contributed by atoms with Gasteiger partial charge < -0.3 is 5.73 Å². The van der Waals surface area contributed by atoms with Crippen molar-refractivity contribution in [1.29, 1.82) is 0 Å². The molecule has 2 aromatic carbocycles. The van der Waals surface area contributed by atoms with E-state index in [2.05, 4.69) is 4.72 Å². The number of rotatable bonds is 6. The smallest absolute Gasteiger partial charge is 0.259 e. The van der Waals surface area contributed by atoms with Crippen molar-refractivity contribution >= 4 is 22.9 Å². The summed E-state index contributed by atoms with van der Waals surface area (Å²) in [5.74, 6) is -0.427. The summed E-state index contributed by atoms with van der Waals surface area (Å²) in [5.41, 5.74) is 8.51. The number of primary amides is 1. The molecule has 4 N–H and O–H groups in total. The molecule has 1 unspecified atom stereocenters. The quantitative estimate of drug-likeness (QED) is 0.714. The Morgan fingerprint density at radius 1 is 1.10 bits per heavy atom. The van der Waals surface area contributed by atoms with Crippen LogP contribution in [0.1, 0.15) is 21.5 Å². The summed E-state index contributed by atoms with van der Waals surface area (Å²) in [6.07, 6.45) is 1.60. The zero-order valence-corrected chi connectivity index (χ0v) is 12.1. The number of benzene rings is 2. The second-order valence-electron chi connectivity index (χ2n) is 4.61. The Labute approximate surface area is 125 Å². The molecule has 0 radical (unpaired) electrons. The van der Waals surface area contributed by atoms with Gasteiger partial charge in [-0.1, -0.05) is 24.3 Å². The lowest BCUT2D eigenvalue weighted by Crippen LogP contribution is -2.11. The van der Waals surface area contributed by atoms with E-state index in [4.69, 9.17) is 10.3 Å². The second kappa shape index (κ2) is 7.01. The van der Waals surface area contributed by atoms with Crippen molar-refractivity contribution in [3.05, 3.63) is 65.2 Å². The highest BCUT2D eigenvalue weighted by molar-refractivity contribution is 7.80. The first-order valence-corrected chi connectivity index (χ1v) is 7.50. The second-order valence-corrected chi connectivity index (χ2v) is 5.32. The van der Waals surface area contributed by atoms with Crippen molar-refractivity contribution in [3.8, 4) is 0 Å². The van der Waals surface area contributed by atoms with E-state index < -0.39 is 17.2 Å². The average Bonchev–Trinajstić information content (AvgIpc) is 2.46. The van der Waals surface area contributed by atoms with Gasteiger partial charge in [0.1, 0.15) is 0 Å². The number of amides is 1. The maximum absolute atomic E-state index is 11.1. The van der Waals surface area contributed by atoms with Crippen molar-refractivity contribution in [3.63, 3.8) is 0 Å². The van der Waals surface area contributed by atoms with Gasteiger partial charge >= 0.3 is 0 Å². The molecule has 0 fully saturated rings. The minimum atomic E-state index is -2.06. The molecule has 0 saturated heterocycles. The summed E-state index contributed by atoms with van der Waals surface area (Å²) in [6.45, 7) is 0. The van der Waals surface area contributed by atoms with Gasteiger partial charge in [-0.05, 0) is 48.2 Å². The highest BCUT2D eigenvalue weighted by atomic mass is 32.2. The first-order valence-electron chi connectivity index (χ1n) is 6.40. The van der Waals surface area contributed by atoms with Gasteiger partial charge in [-0.15, -0.1) is 0 Å². The SMILES string of the molecule is NC(=O)c1cccc(CCc2ccc(NS(=O)O)cc2)c1. The number of carbonyl (C=O) groups excluding carboxylic acids is 1. The number of carbonyl (C=O) groups is 1. The largest absolute Gasteiger partial charge is 0.366 e. The van der Waals surface area contributed by atoms with Gasteiger partial charge in [0, 0.05) is 11.3 Å². The summed E-state index contributed by atoms with van der Waals surface area (Å²) in [5, 5.41) is 0. The van der Waals surface area contributed by atoms with Crippen molar-refractivity contribution in [2.24, 2.45) is 5.73 Å². The van der Waals surface area contributed by atoms with Gasteiger partial charge in [-0.3, -0.25) is 14.1 Å². The van der Waals surface area contributed by atoms with Gasteiger partial charge in [0.15, 0.2) is 0 Å². The molecule has 0 aliphatic rings. The Balaban J connectivity index is 1.98. The van der Waals surface area contributed by atoms with Crippen molar-refractivity contribution < 1.29 is 13.6 Å². The average molecular weight is 304 g/mol. The third-order valence-corrected chi connectivity index (χ3v) is 3.48. The maximum Gasteiger partial charge on any atom is 0.259 e. The number of aryl methyl sites for hydroxylation is 2. The molecule has 0 aromatic heterocycles. The Morgan fingerprint density at radius 3 is 2.38 bits per heavy atom. The van der Waals surface area contributed by atoms with E-state index >= 15 is 0 Å². The summed E-state index contributed by atoms with van der Waals surface area (Å²) in [4.78, 5) is 11.1. The molecular weight excluding hydrogens is 288 g/mol. The minimum Gasteiger partial charge on any atom is -0.366 e. The van der Waals surface area contributed by atoms with Crippen molar-refractivity contribution in [2.75, 3.05) is 4.72 Å². The van der Waals surface area contributed by atoms with Crippen molar-refractivity contribution in [1.82, 2.24) is 0 Å². The molecular formula is C15H16N2O3S. The van der Waals surface area contributed by atoms with Crippen LogP contribution in [0.4, 0.5) is 5.69 Å². The normalized spacial score (nSPS) is 11.9. The fourth-order valence-electron chi connectivity index (χ4n) is 2.01. The molecule has 110 valence electrons. The molecule has 6 heteroatoms. The van der Waals surface area contributed by atoms with Crippen LogP contribution in [0.5, 0.6) is 0 Å². The molecule has 0 heterocycles. The Kier molecular flexibility index (Phi) is 5.08. The van der Waals surface area contributed by atoms with E-state index in [1.54, 1.807) is 24.3 Å². The lowest BCUT2D eigenvalue weighted by atomic mass is 10.0. The number of nitrogens with two attached hydrogens (primary N) is 1. The van der Waals surface area contributed by atoms with Crippen LogP contribution in [0, 0.1) is 0 Å². The molecule has 1 atom stereocenters. The van der Waals surface area contributed by atoms with E-state index in [1.165, 1.54) is 0 Å². The maximum atomic E-state index is 11.1. The third kappa shape index (κ3) is 4.70. The lowest BCUT2D eigenvalue weighted by Gasteiger charge is -2.05. The first-order chi connectivity index (χ1) is 10.0. The summed E-state index contributed by atoms with van der Waals surface area (Å²) < 4.78 is 21.7. The van der Waals surface area contributed by atoms with E-state index in [1.807, 2.05) is 24.3 Å². The topological polar surface area (TPSA) is 92.4 Å². The van der Waals surface area contributed by atoms with Gasteiger partial charge in [0.25, 0.3) is 11.3 Å². The molecule has 2 rings (SSSR count). The van der Waals surface area contributed by atoms with Crippen LogP contribution in [0.2, 0.25) is 0 Å². The van der Waals surface area contributed by atoms with Crippen LogP contribution >= 0.6 is 0 Å². The number of hydrogen-bond donors (Lipinski definition) is 3. The van der Waals surface area contributed by atoms with Crippen LogP contribution in [-0.2, 0) is 24.1 Å². The van der Waals surface area contributed by atoms with E-state index in [0.717, 1.165) is 24.0 Å². The fraction of sp³-hybridized carbons (Fsp3) is 0.133. The highest BCUT2D eigenvalue weighted by Crippen LogP contribution is 2.13.